The van der Waals surface area contributed by atoms with Crippen LogP contribution in [0.3, 0.4) is 0 Å². The van der Waals surface area contributed by atoms with Crippen molar-refractivity contribution in [1.82, 2.24) is 35.4 Å². The van der Waals surface area contributed by atoms with Crippen LogP contribution in [0.15, 0.2) is 53.5 Å². The third-order valence-corrected chi connectivity index (χ3v) is 6.15. The Balaban J connectivity index is 1.42. The van der Waals surface area contributed by atoms with Crippen LogP contribution in [-0.4, -0.2) is 82.1 Å². The number of anilines is 3. The number of allylic oxidation sites excluding steroid dienone is 1. The van der Waals surface area contributed by atoms with Gasteiger partial charge >= 0.3 is 0 Å². The molecule has 2 aliphatic rings. The highest BCUT2D eigenvalue weighted by Gasteiger charge is 2.19. The van der Waals surface area contributed by atoms with Crippen molar-refractivity contribution in [3.8, 4) is 11.3 Å². The summed E-state index contributed by atoms with van der Waals surface area (Å²) < 4.78 is 0. The van der Waals surface area contributed by atoms with Gasteiger partial charge in [0.15, 0.2) is 5.82 Å². The fourth-order valence-electron chi connectivity index (χ4n) is 4.05. The molecule has 10 heteroatoms. The Bertz CT molecular complexity index is 1160. The lowest BCUT2D eigenvalue weighted by molar-refractivity contribution is 0.311. The Morgan fingerprint density at radius 3 is 2.62 bits per heavy atom. The van der Waals surface area contributed by atoms with Crippen LogP contribution in [-0.2, 0) is 0 Å². The Hall–Kier alpha value is -3.63. The Kier molecular flexibility index (Phi) is 6.59. The third-order valence-electron chi connectivity index (χ3n) is 6.15. The van der Waals surface area contributed by atoms with Crippen LogP contribution in [0.1, 0.15) is 12.8 Å². The van der Waals surface area contributed by atoms with Gasteiger partial charge < -0.3 is 20.4 Å². The van der Waals surface area contributed by atoms with Crippen LogP contribution in [0.4, 0.5) is 23.7 Å². The molecule has 0 saturated carbocycles. The van der Waals surface area contributed by atoms with Crippen LogP contribution in [0.5, 0.6) is 0 Å². The molecule has 2 aromatic heterocycles. The van der Waals surface area contributed by atoms with Gasteiger partial charge in [0.2, 0.25) is 11.9 Å². The van der Waals surface area contributed by atoms with Crippen molar-refractivity contribution in [1.29, 1.82) is 0 Å². The zero-order chi connectivity index (χ0) is 23.3. The van der Waals surface area contributed by atoms with Crippen molar-refractivity contribution < 1.29 is 0 Å². The number of aromatic amines is 1. The molecule has 1 saturated heterocycles. The zero-order valence-corrected chi connectivity index (χ0v) is 19.6. The molecule has 0 bridgehead atoms. The molecule has 0 radical (unpaired) electrons. The first-order valence-electron chi connectivity index (χ1n) is 11.7. The molecule has 0 amide bonds. The van der Waals surface area contributed by atoms with E-state index in [1.54, 1.807) is 0 Å². The van der Waals surface area contributed by atoms with E-state index in [2.05, 4.69) is 59.8 Å². The third kappa shape index (κ3) is 5.29. The van der Waals surface area contributed by atoms with E-state index < -0.39 is 0 Å². The molecule has 5 rings (SSSR count). The summed E-state index contributed by atoms with van der Waals surface area (Å²) in [6.45, 7) is 3.65. The molecular weight excluding hydrogens is 428 g/mol. The van der Waals surface area contributed by atoms with E-state index in [9.17, 15) is 0 Å². The fraction of sp³-hybridized carbons (Fsp3) is 0.375. The molecule has 3 heterocycles. The van der Waals surface area contributed by atoms with Crippen molar-refractivity contribution in [2.75, 3.05) is 50.5 Å². The summed E-state index contributed by atoms with van der Waals surface area (Å²) in [6.07, 6.45) is 6.07. The molecule has 1 unspecified atom stereocenters. The maximum atomic E-state index is 4.75. The SMILES string of the molecule is CNC1C=CC(=Nc2nc(Nc3cc(-c4ccccc4)[nH]n3)nc(N3CCN(C)CC3)n2)CC1. The highest BCUT2D eigenvalue weighted by atomic mass is 15.4. The molecule has 10 nitrogen and oxygen atoms in total. The summed E-state index contributed by atoms with van der Waals surface area (Å²) in [7, 11) is 4.10. The second-order valence-electron chi connectivity index (χ2n) is 8.60. The zero-order valence-electron chi connectivity index (χ0n) is 19.6. The van der Waals surface area contributed by atoms with Crippen LogP contribution in [0.2, 0.25) is 0 Å². The maximum absolute atomic E-state index is 4.75. The normalized spacial score (nSPS) is 20.1. The average molecular weight is 459 g/mol. The predicted octanol–water partition coefficient (Wildman–Crippen LogP) is 2.77. The number of hydrogen-bond acceptors (Lipinski definition) is 9. The van der Waals surface area contributed by atoms with Gasteiger partial charge in [-0.2, -0.15) is 20.1 Å². The number of hydrogen-bond donors (Lipinski definition) is 3. The lowest BCUT2D eigenvalue weighted by Crippen LogP contribution is -2.45. The number of nitrogens with zero attached hydrogens (tertiary/aromatic N) is 7. The molecule has 3 aromatic rings. The predicted molar refractivity (Wildman–Crippen MR) is 135 cm³/mol. The van der Waals surface area contributed by atoms with Gasteiger partial charge in [0, 0.05) is 44.0 Å². The molecule has 34 heavy (non-hydrogen) atoms. The number of piperazine rings is 1. The summed E-state index contributed by atoms with van der Waals surface area (Å²) in [4.78, 5) is 23.2. The van der Waals surface area contributed by atoms with E-state index in [1.807, 2.05) is 43.4 Å². The molecule has 1 aliphatic heterocycles. The molecule has 1 aliphatic carbocycles. The van der Waals surface area contributed by atoms with Crippen LogP contribution in [0, 0.1) is 0 Å². The number of benzene rings is 1. The summed E-state index contributed by atoms with van der Waals surface area (Å²) in [5.74, 6) is 2.12. The molecular formula is C24H30N10. The van der Waals surface area contributed by atoms with Crippen molar-refractivity contribution in [2.24, 2.45) is 4.99 Å². The lowest BCUT2D eigenvalue weighted by atomic mass is 10.0. The maximum Gasteiger partial charge on any atom is 0.256 e. The number of likely N-dealkylation sites (N-methyl/N-ethyl adjacent to an activating group) is 2. The highest BCUT2D eigenvalue weighted by Crippen LogP contribution is 2.23. The minimum absolute atomic E-state index is 0.383. The molecule has 3 N–H and O–H groups in total. The summed E-state index contributed by atoms with van der Waals surface area (Å²) in [5, 5.41) is 14.0. The summed E-state index contributed by atoms with van der Waals surface area (Å²) in [5.41, 5.74) is 2.95. The second kappa shape index (κ2) is 10.1. The molecule has 1 atom stereocenters. The Morgan fingerprint density at radius 2 is 1.88 bits per heavy atom. The van der Waals surface area contributed by atoms with E-state index in [0.717, 1.165) is 56.0 Å². The van der Waals surface area contributed by atoms with E-state index in [-0.39, 0.29) is 0 Å². The van der Waals surface area contributed by atoms with Gasteiger partial charge in [0.05, 0.1) is 5.69 Å². The Labute approximate surface area is 199 Å². The minimum Gasteiger partial charge on any atom is -0.338 e. The first kappa shape index (κ1) is 22.2. The summed E-state index contributed by atoms with van der Waals surface area (Å²) >= 11 is 0. The van der Waals surface area contributed by atoms with E-state index in [4.69, 9.17) is 9.98 Å². The average Bonchev–Trinajstić information content (AvgIpc) is 3.34. The van der Waals surface area contributed by atoms with Crippen molar-refractivity contribution >= 4 is 29.4 Å². The standard InChI is InChI=1S/C24H30N10/c1-25-18-8-10-19(11-9-18)26-22-28-23(30-24(29-22)34-14-12-33(2)13-15-34)27-21-16-20(31-32-21)17-6-4-3-5-7-17/h3-8,10,16,18,25H,9,11-15H2,1-2H3,(H2,27,28,29,30,31,32). The monoisotopic (exact) mass is 458 g/mol. The van der Waals surface area contributed by atoms with Gasteiger partial charge in [-0.05, 0) is 38.6 Å². The van der Waals surface area contributed by atoms with Crippen LogP contribution < -0.4 is 15.5 Å². The molecule has 1 fully saturated rings. The van der Waals surface area contributed by atoms with Gasteiger partial charge in [0.1, 0.15) is 0 Å². The van der Waals surface area contributed by atoms with E-state index in [0.29, 0.717) is 29.7 Å². The number of nitrogens with one attached hydrogen (secondary N) is 3. The van der Waals surface area contributed by atoms with Gasteiger partial charge in [-0.1, -0.05) is 36.4 Å². The molecule has 0 spiro atoms. The smallest absolute Gasteiger partial charge is 0.256 e. The molecule has 1 aromatic carbocycles. The fourth-order valence-corrected chi connectivity index (χ4v) is 4.05. The van der Waals surface area contributed by atoms with Gasteiger partial charge in [-0.3, -0.25) is 5.10 Å². The van der Waals surface area contributed by atoms with Crippen molar-refractivity contribution in [3.63, 3.8) is 0 Å². The number of aromatic nitrogens is 5. The lowest BCUT2D eigenvalue weighted by Gasteiger charge is -2.32. The van der Waals surface area contributed by atoms with Crippen LogP contribution >= 0.6 is 0 Å². The van der Waals surface area contributed by atoms with Gasteiger partial charge in [0.25, 0.3) is 5.95 Å². The minimum atomic E-state index is 0.383. The highest BCUT2D eigenvalue weighted by molar-refractivity contribution is 5.97. The van der Waals surface area contributed by atoms with Crippen LogP contribution in [0.25, 0.3) is 11.3 Å². The number of H-pyrrole nitrogens is 1. The van der Waals surface area contributed by atoms with Gasteiger partial charge in [-0.25, -0.2) is 4.99 Å². The topological polar surface area (TPSA) is 110 Å². The number of aliphatic imine (C=N–C) groups is 1. The van der Waals surface area contributed by atoms with Crippen molar-refractivity contribution in [2.45, 2.75) is 18.9 Å². The molecule has 176 valence electrons. The Morgan fingerprint density at radius 1 is 1.06 bits per heavy atom. The first-order chi connectivity index (χ1) is 16.7. The quantitative estimate of drug-likeness (QED) is 0.517. The number of rotatable bonds is 6. The largest absolute Gasteiger partial charge is 0.338 e. The van der Waals surface area contributed by atoms with E-state index >= 15 is 0 Å². The van der Waals surface area contributed by atoms with Gasteiger partial charge in [-0.15, -0.1) is 0 Å². The first-order valence-corrected chi connectivity index (χ1v) is 11.7. The van der Waals surface area contributed by atoms with Crippen molar-refractivity contribution in [3.05, 3.63) is 48.6 Å². The second-order valence-corrected chi connectivity index (χ2v) is 8.60. The van der Waals surface area contributed by atoms with E-state index in [1.165, 1.54) is 0 Å². The summed E-state index contributed by atoms with van der Waals surface area (Å²) in [6, 6.07) is 12.4.